The number of aryl methyl sites for hydroxylation is 2. The van der Waals surface area contributed by atoms with E-state index in [0.29, 0.717) is 18.9 Å². The van der Waals surface area contributed by atoms with E-state index in [-0.39, 0.29) is 11.8 Å². The normalized spacial score (nSPS) is 16.5. The Labute approximate surface area is 169 Å². The molecule has 3 aromatic rings. The second-order valence-electron chi connectivity index (χ2n) is 7.13. The van der Waals surface area contributed by atoms with Gasteiger partial charge in [0.2, 0.25) is 5.91 Å². The lowest BCUT2D eigenvalue weighted by Gasteiger charge is -2.15. The molecule has 0 aromatic carbocycles. The zero-order valence-electron chi connectivity index (χ0n) is 16.5. The summed E-state index contributed by atoms with van der Waals surface area (Å²) in [4.78, 5) is 34.7. The average Bonchev–Trinajstić information content (AvgIpc) is 3.40. The minimum atomic E-state index is -0.00432. The van der Waals surface area contributed by atoms with Gasteiger partial charge in [-0.2, -0.15) is 0 Å². The van der Waals surface area contributed by atoms with Crippen LogP contribution in [0.4, 0.5) is 11.6 Å². The first-order valence-electron chi connectivity index (χ1n) is 9.58. The van der Waals surface area contributed by atoms with E-state index in [2.05, 4.69) is 30.2 Å². The van der Waals surface area contributed by atoms with Gasteiger partial charge in [0.1, 0.15) is 17.5 Å². The third-order valence-corrected chi connectivity index (χ3v) is 4.96. The van der Waals surface area contributed by atoms with Crippen molar-refractivity contribution in [3.63, 3.8) is 0 Å². The number of pyridine rings is 1. The number of hydrogen-bond acceptors (Lipinski definition) is 6. The van der Waals surface area contributed by atoms with Crippen molar-refractivity contribution in [2.24, 2.45) is 0 Å². The lowest BCUT2D eigenvalue weighted by Crippen LogP contribution is -2.26. The van der Waals surface area contributed by atoms with E-state index in [4.69, 9.17) is 0 Å². The number of carbonyl (C=O) groups excluding carboxylic acids is 1. The predicted octanol–water partition coefficient (Wildman–Crippen LogP) is 2.98. The van der Waals surface area contributed by atoms with Crippen molar-refractivity contribution in [3.8, 4) is 0 Å². The third-order valence-electron chi connectivity index (χ3n) is 4.96. The van der Waals surface area contributed by atoms with Gasteiger partial charge in [-0.25, -0.2) is 19.9 Å². The van der Waals surface area contributed by atoms with Gasteiger partial charge in [-0.1, -0.05) is 6.07 Å². The summed E-state index contributed by atoms with van der Waals surface area (Å²) in [5.41, 5.74) is 2.80. The molecule has 0 radical (unpaired) electrons. The zero-order chi connectivity index (χ0) is 20.2. The van der Waals surface area contributed by atoms with E-state index < -0.39 is 0 Å². The topological polar surface area (TPSA) is 99.7 Å². The highest BCUT2D eigenvalue weighted by Crippen LogP contribution is 2.28. The van der Waals surface area contributed by atoms with Crippen LogP contribution in [0.1, 0.15) is 35.1 Å². The van der Waals surface area contributed by atoms with Crippen LogP contribution in [0.25, 0.3) is 6.08 Å². The quantitative estimate of drug-likeness (QED) is 0.651. The molecule has 29 heavy (non-hydrogen) atoms. The van der Waals surface area contributed by atoms with Crippen LogP contribution >= 0.6 is 0 Å². The van der Waals surface area contributed by atoms with E-state index in [1.54, 1.807) is 30.9 Å². The fraction of sp³-hybridized carbons (Fsp3) is 0.286. The second-order valence-corrected chi connectivity index (χ2v) is 7.13. The first kappa shape index (κ1) is 18.8. The van der Waals surface area contributed by atoms with E-state index in [1.807, 2.05) is 36.9 Å². The summed E-state index contributed by atoms with van der Waals surface area (Å²) in [6.07, 6.45) is 9.22. The molecule has 1 fully saturated rings. The molecular weight excluding hydrogens is 366 g/mol. The Morgan fingerprint density at radius 3 is 3.03 bits per heavy atom. The molecule has 1 aliphatic heterocycles. The van der Waals surface area contributed by atoms with Gasteiger partial charge in [-0.15, -0.1) is 0 Å². The molecule has 148 valence electrons. The number of aromatic amines is 1. The van der Waals surface area contributed by atoms with Gasteiger partial charge in [0.05, 0.1) is 23.9 Å². The molecule has 0 bridgehead atoms. The first-order valence-corrected chi connectivity index (χ1v) is 9.58. The Bertz CT molecular complexity index is 1030. The number of amides is 1. The summed E-state index contributed by atoms with van der Waals surface area (Å²) < 4.78 is 0. The van der Waals surface area contributed by atoms with E-state index in [1.165, 1.54) is 0 Å². The number of H-pyrrole nitrogens is 1. The molecule has 3 aromatic heterocycles. The SMILES string of the molecule is Cc1nc(Nc2ncccc2C)cc(C2CCN(C(=O)/C=C/c3cnc[nH]3)C2)n1. The smallest absolute Gasteiger partial charge is 0.246 e. The van der Waals surface area contributed by atoms with Crippen LogP contribution < -0.4 is 5.32 Å². The number of nitrogens with zero attached hydrogens (tertiary/aromatic N) is 5. The molecule has 4 heterocycles. The number of imidazole rings is 1. The Kier molecular flexibility index (Phi) is 5.33. The fourth-order valence-corrected chi connectivity index (χ4v) is 3.43. The second kappa shape index (κ2) is 8.22. The Morgan fingerprint density at radius 1 is 1.34 bits per heavy atom. The molecule has 0 saturated carbocycles. The van der Waals surface area contributed by atoms with Crippen molar-refractivity contribution in [1.82, 2.24) is 29.8 Å². The molecule has 1 amide bonds. The molecule has 8 heteroatoms. The predicted molar refractivity (Wildman–Crippen MR) is 111 cm³/mol. The van der Waals surface area contributed by atoms with Crippen LogP contribution in [-0.4, -0.2) is 48.8 Å². The number of rotatable bonds is 5. The maximum absolute atomic E-state index is 12.5. The highest BCUT2D eigenvalue weighted by molar-refractivity contribution is 5.91. The lowest BCUT2D eigenvalue weighted by molar-refractivity contribution is -0.124. The Hall–Kier alpha value is -3.55. The molecule has 4 rings (SSSR count). The standard InChI is InChI=1S/C21H23N7O/c1-14-4-3-8-23-21(14)27-19-10-18(25-15(2)26-19)16-7-9-28(12-16)20(29)6-5-17-11-22-13-24-17/h3-6,8,10-11,13,16H,7,9,12H2,1-2H3,(H,22,24)(H,23,25,26,27)/b6-5+. The monoisotopic (exact) mass is 389 g/mol. The molecular formula is C21H23N7O. The highest BCUT2D eigenvalue weighted by Gasteiger charge is 2.27. The summed E-state index contributed by atoms with van der Waals surface area (Å²) in [6.45, 7) is 5.24. The van der Waals surface area contributed by atoms with Crippen LogP contribution in [0.3, 0.4) is 0 Å². The van der Waals surface area contributed by atoms with Crippen molar-refractivity contribution >= 4 is 23.6 Å². The van der Waals surface area contributed by atoms with Gasteiger partial charge >= 0.3 is 0 Å². The van der Waals surface area contributed by atoms with Crippen molar-refractivity contribution in [1.29, 1.82) is 0 Å². The molecule has 2 N–H and O–H groups in total. The van der Waals surface area contributed by atoms with E-state index in [9.17, 15) is 4.79 Å². The summed E-state index contributed by atoms with van der Waals surface area (Å²) in [5.74, 6) is 2.38. The number of hydrogen-bond donors (Lipinski definition) is 2. The zero-order valence-corrected chi connectivity index (χ0v) is 16.5. The molecule has 1 aliphatic rings. The average molecular weight is 389 g/mol. The van der Waals surface area contributed by atoms with Gasteiger partial charge in [-0.05, 0) is 38.0 Å². The first-order chi connectivity index (χ1) is 14.1. The number of anilines is 2. The van der Waals surface area contributed by atoms with Crippen molar-refractivity contribution in [3.05, 3.63) is 65.8 Å². The van der Waals surface area contributed by atoms with Crippen molar-refractivity contribution in [2.45, 2.75) is 26.2 Å². The maximum atomic E-state index is 12.5. The number of likely N-dealkylation sites (tertiary alicyclic amines) is 1. The van der Waals surface area contributed by atoms with Gasteiger partial charge in [-0.3, -0.25) is 4.79 Å². The van der Waals surface area contributed by atoms with Gasteiger partial charge in [0.15, 0.2) is 0 Å². The fourth-order valence-electron chi connectivity index (χ4n) is 3.43. The highest BCUT2D eigenvalue weighted by atomic mass is 16.2. The Morgan fingerprint density at radius 2 is 2.24 bits per heavy atom. The molecule has 0 aliphatic carbocycles. The third kappa shape index (κ3) is 4.48. The van der Waals surface area contributed by atoms with Crippen LogP contribution in [0.5, 0.6) is 0 Å². The Balaban J connectivity index is 1.45. The minimum absolute atomic E-state index is 0.00432. The number of carbonyl (C=O) groups is 1. The van der Waals surface area contributed by atoms with Crippen LogP contribution in [0.2, 0.25) is 0 Å². The minimum Gasteiger partial charge on any atom is -0.345 e. The van der Waals surface area contributed by atoms with Gasteiger partial charge < -0.3 is 15.2 Å². The number of nitrogens with one attached hydrogen (secondary N) is 2. The van der Waals surface area contributed by atoms with Crippen LogP contribution in [-0.2, 0) is 4.79 Å². The van der Waals surface area contributed by atoms with Crippen LogP contribution in [0.15, 0.2) is 43.0 Å². The van der Waals surface area contributed by atoms with Gasteiger partial charge in [0.25, 0.3) is 0 Å². The van der Waals surface area contributed by atoms with Crippen LogP contribution in [0, 0.1) is 13.8 Å². The summed E-state index contributed by atoms with van der Waals surface area (Å²) in [6, 6.07) is 5.86. The molecule has 0 spiro atoms. The molecule has 1 atom stereocenters. The largest absolute Gasteiger partial charge is 0.345 e. The summed E-state index contributed by atoms with van der Waals surface area (Å²) >= 11 is 0. The lowest BCUT2D eigenvalue weighted by atomic mass is 10.0. The summed E-state index contributed by atoms with van der Waals surface area (Å²) in [5, 5.41) is 3.28. The number of aromatic nitrogens is 5. The molecule has 1 unspecified atom stereocenters. The molecule has 1 saturated heterocycles. The maximum Gasteiger partial charge on any atom is 0.246 e. The van der Waals surface area contributed by atoms with Gasteiger partial charge in [0, 0.05) is 37.3 Å². The van der Waals surface area contributed by atoms with E-state index >= 15 is 0 Å². The molecule has 8 nitrogen and oxygen atoms in total. The van der Waals surface area contributed by atoms with E-state index in [0.717, 1.165) is 35.0 Å². The van der Waals surface area contributed by atoms with Crippen molar-refractivity contribution < 1.29 is 4.79 Å². The van der Waals surface area contributed by atoms with Crippen molar-refractivity contribution in [2.75, 3.05) is 18.4 Å². The summed E-state index contributed by atoms with van der Waals surface area (Å²) in [7, 11) is 0.